The van der Waals surface area contributed by atoms with E-state index in [1.54, 1.807) is 23.2 Å². The molecule has 31 heavy (non-hydrogen) atoms. The quantitative estimate of drug-likeness (QED) is 0.543. The molecule has 1 saturated heterocycles. The lowest BCUT2D eigenvalue weighted by Crippen LogP contribution is -2.43. The Hall–Kier alpha value is -3.13. The van der Waals surface area contributed by atoms with E-state index in [0.29, 0.717) is 17.9 Å². The second-order valence-corrected chi connectivity index (χ2v) is 8.50. The van der Waals surface area contributed by atoms with E-state index in [1.807, 2.05) is 42.5 Å². The number of carbonyl (C=O) groups excluding carboxylic acids is 1. The van der Waals surface area contributed by atoms with E-state index >= 15 is 0 Å². The molecule has 2 atom stereocenters. The number of halogens is 1. The van der Waals surface area contributed by atoms with E-state index in [9.17, 15) is 14.7 Å². The van der Waals surface area contributed by atoms with Gasteiger partial charge in [0.1, 0.15) is 11.9 Å². The van der Waals surface area contributed by atoms with Crippen LogP contribution in [0.25, 0.3) is 11.3 Å². The number of carboxylic acid groups (broad SMARTS) is 1. The van der Waals surface area contributed by atoms with Gasteiger partial charge in [0.25, 0.3) is 5.91 Å². The summed E-state index contributed by atoms with van der Waals surface area (Å²) in [6.07, 6.45) is 2.24. The van der Waals surface area contributed by atoms with Crippen molar-refractivity contribution in [2.24, 2.45) is 0 Å². The smallest absolute Gasteiger partial charge is 0.407 e. The number of hydrogen-bond acceptors (Lipinski definition) is 3. The third-order valence-corrected chi connectivity index (χ3v) is 6.17. The highest BCUT2D eigenvalue weighted by molar-refractivity contribution is 9.10. The number of nitrogens with one attached hydrogen (secondary N) is 1. The van der Waals surface area contributed by atoms with Gasteiger partial charge in [0.05, 0.1) is 17.9 Å². The van der Waals surface area contributed by atoms with Gasteiger partial charge in [0, 0.05) is 18.1 Å². The Morgan fingerprint density at radius 3 is 2.58 bits per heavy atom. The minimum absolute atomic E-state index is 0.217. The Labute approximate surface area is 188 Å². The fraction of sp³-hybridized carbons (Fsp3) is 0.261. The molecule has 3 aromatic rings. The Morgan fingerprint density at radius 1 is 1.19 bits per heavy atom. The zero-order valence-corrected chi connectivity index (χ0v) is 18.6. The van der Waals surface area contributed by atoms with Gasteiger partial charge in [-0.2, -0.15) is 0 Å². The number of H-pyrrole nitrogens is 1. The molecular weight excluding hydrogens is 460 g/mol. The van der Waals surface area contributed by atoms with Gasteiger partial charge in [-0.3, -0.25) is 9.69 Å². The summed E-state index contributed by atoms with van der Waals surface area (Å²) in [5.74, 6) is 0.480. The molecule has 1 aliphatic rings. The Bertz CT molecular complexity index is 1070. The molecule has 1 aromatic heterocycles. The Morgan fingerprint density at radius 2 is 1.90 bits per heavy atom. The lowest BCUT2D eigenvalue weighted by atomic mass is 10.0. The van der Waals surface area contributed by atoms with Crippen molar-refractivity contribution in [2.75, 3.05) is 13.6 Å². The predicted octanol–water partition coefficient (Wildman–Crippen LogP) is 4.85. The number of nitrogens with zero attached hydrogens (tertiary/aromatic N) is 3. The van der Waals surface area contributed by atoms with E-state index < -0.39 is 12.1 Å². The average molecular weight is 483 g/mol. The monoisotopic (exact) mass is 482 g/mol. The normalized spacial score (nSPS) is 16.8. The molecule has 0 bridgehead atoms. The maximum absolute atomic E-state index is 13.6. The van der Waals surface area contributed by atoms with Gasteiger partial charge in [-0.1, -0.05) is 58.4 Å². The minimum atomic E-state index is -1.14. The van der Waals surface area contributed by atoms with Crippen LogP contribution in [0.3, 0.4) is 0 Å². The Kier molecular flexibility index (Phi) is 6.08. The summed E-state index contributed by atoms with van der Waals surface area (Å²) in [5.41, 5.74) is 2.53. The van der Waals surface area contributed by atoms with E-state index in [-0.39, 0.29) is 11.9 Å². The average Bonchev–Trinajstić information content (AvgIpc) is 3.44. The molecule has 0 saturated carbocycles. The van der Waals surface area contributed by atoms with Gasteiger partial charge in [-0.25, -0.2) is 9.78 Å². The number of amides is 2. The van der Waals surface area contributed by atoms with E-state index in [2.05, 4.69) is 25.9 Å². The van der Waals surface area contributed by atoms with Crippen LogP contribution in [0.5, 0.6) is 0 Å². The zero-order valence-electron chi connectivity index (χ0n) is 17.0. The number of rotatable bonds is 5. The van der Waals surface area contributed by atoms with Crippen molar-refractivity contribution in [3.63, 3.8) is 0 Å². The highest BCUT2D eigenvalue weighted by Gasteiger charge is 2.39. The largest absolute Gasteiger partial charge is 0.465 e. The van der Waals surface area contributed by atoms with Gasteiger partial charge in [0.2, 0.25) is 0 Å². The molecule has 0 aliphatic carbocycles. The first-order valence-electron chi connectivity index (χ1n) is 10.1. The van der Waals surface area contributed by atoms with Crippen molar-refractivity contribution < 1.29 is 14.7 Å². The molecule has 2 aromatic carbocycles. The highest BCUT2D eigenvalue weighted by Crippen LogP contribution is 2.35. The molecule has 4 rings (SSSR count). The van der Waals surface area contributed by atoms with Crippen LogP contribution in [0.15, 0.2) is 65.3 Å². The summed E-state index contributed by atoms with van der Waals surface area (Å²) in [5, 5.41) is 9.57. The van der Waals surface area contributed by atoms with Crippen LogP contribution in [0, 0.1) is 0 Å². The maximum atomic E-state index is 13.6. The first-order chi connectivity index (χ1) is 15.0. The SMILES string of the molecule is CN(C(=O)O)[C@H](C(=O)N1CCC[C@H]1c1ncc(-c2ccc(Br)cc2)[nH]1)c1ccccc1. The molecule has 2 heterocycles. The third-order valence-electron chi connectivity index (χ3n) is 5.64. The van der Waals surface area contributed by atoms with E-state index in [4.69, 9.17) is 0 Å². The van der Waals surface area contributed by atoms with Gasteiger partial charge >= 0.3 is 6.09 Å². The number of aromatic amines is 1. The molecule has 1 fully saturated rings. The second-order valence-electron chi connectivity index (χ2n) is 7.59. The van der Waals surface area contributed by atoms with E-state index in [1.165, 1.54) is 7.05 Å². The van der Waals surface area contributed by atoms with Gasteiger partial charge < -0.3 is 15.0 Å². The van der Waals surface area contributed by atoms with Gasteiger partial charge in [-0.05, 0) is 36.1 Å². The van der Waals surface area contributed by atoms with Crippen LogP contribution >= 0.6 is 15.9 Å². The predicted molar refractivity (Wildman–Crippen MR) is 120 cm³/mol. The summed E-state index contributed by atoms with van der Waals surface area (Å²) in [6.45, 7) is 0.564. The maximum Gasteiger partial charge on any atom is 0.407 e. The van der Waals surface area contributed by atoms with Crippen LogP contribution in [-0.2, 0) is 4.79 Å². The molecule has 160 valence electrons. The molecule has 2 amide bonds. The van der Waals surface area contributed by atoms with Crippen molar-refractivity contribution in [1.82, 2.24) is 19.8 Å². The molecule has 1 aliphatic heterocycles. The topological polar surface area (TPSA) is 89.5 Å². The lowest BCUT2D eigenvalue weighted by Gasteiger charge is -2.32. The lowest BCUT2D eigenvalue weighted by molar-refractivity contribution is -0.137. The zero-order chi connectivity index (χ0) is 22.0. The molecule has 0 unspecified atom stereocenters. The fourth-order valence-corrected chi connectivity index (χ4v) is 4.30. The number of hydrogen-bond donors (Lipinski definition) is 2. The minimum Gasteiger partial charge on any atom is -0.465 e. The van der Waals surface area contributed by atoms with Crippen molar-refractivity contribution >= 4 is 27.9 Å². The molecule has 0 spiro atoms. The summed E-state index contributed by atoms with van der Waals surface area (Å²) < 4.78 is 0.998. The summed E-state index contributed by atoms with van der Waals surface area (Å²) in [6, 6.07) is 15.8. The van der Waals surface area contributed by atoms with Crippen molar-refractivity contribution in [1.29, 1.82) is 0 Å². The van der Waals surface area contributed by atoms with Crippen molar-refractivity contribution in [3.8, 4) is 11.3 Å². The van der Waals surface area contributed by atoms with E-state index in [0.717, 1.165) is 33.5 Å². The molecule has 8 heteroatoms. The summed E-state index contributed by atoms with van der Waals surface area (Å²) in [4.78, 5) is 36.0. The number of carbonyl (C=O) groups is 2. The highest BCUT2D eigenvalue weighted by atomic mass is 79.9. The number of likely N-dealkylation sites (tertiary alicyclic amines) is 1. The van der Waals surface area contributed by atoms with Crippen molar-refractivity contribution in [2.45, 2.75) is 24.9 Å². The van der Waals surface area contributed by atoms with Gasteiger partial charge in [0.15, 0.2) is 0 Å². The van der Waals surface area contributed by atoms with Crippen LogP contribution in [0.2, 0.25) is 0 Å². The number of imidazole rings is 1. The van der Waals surface area contributed by atoms with Crippen LogP contribution in [0.4, 0.5) is 4.79 Å². The number of likely N-dealkylation sites (N-methyl/N-ethyl adjacent to an activating group) is 1. The summed E-state index contributed by atoms with van der Waals surface area (Å²) >= 11 is 3.44. The Balaban J connectivity index is 1.62. The third kappa shape index (κ3) is 4.34. The molecule has 0 radical (unpaired) electrons. The standard InChI is InChI=1S/C23H23BrN4O3/c1-27(23(30)31)20(16-6-3-2-4-7-16)22(29)28-13-5-8-19(28)21-25-14-18(26-21)15-9-11-17(24)12-10-15/h2-4,6-7,9-12,14,19-20H,5,8,13H2,1H3,(H,25,26)(H,30,31)/t19-,20-/m0/s1. The second kappa shape index (κ2) is 8.93. The summed E-state index contributed by atoms with van der Waals surface area (Å²) in [7, 11) is 1.43. The molecule has 7 nitrogen and oxygen atoms in total. The first kappa shape index (κ1) is 21.1. The number of benzene rings is 2. The number of aromatic nitrogens is 2. The van der Waals surface area contributed by atoms with Gasteiger partial charge in [-0.15, -0.1) is 0 Å². The first-order valence-corrected chi connectivity index (χ1v) is 10.9. The molecule has 2 N–H and O–H groups in total. The van der Waals surface area contributed by atoms with Crippen LogP contribution in [-0.4, -0.2) is 50.5 Å². The van der Waals surface area contributed by atoms with Crippen molar-refractivity contribution in [3.05, 3.63) is 76.7 Å². The van der Waals surface area contributed by atoms with Crippen LogP contribution in [0.1, 0.15) is 36.3 Å². The fourth-order valence-electron chi connectivity index (χ4n) is 4.03. The van der Waals surface area contributed by atoms with Crippen LogP contribution < -0.4 is 0 Å². The molecular formula is C23H23BrN4O3.